The summed E-state index contributed by atoms with van der Waals surface area (Å²) in [4.78, 5) is 14.7. The first-order valence-corrected chi connectivity index (χ1v) is 11.8. The molecule has 6 rings (SSSR count). The Hall–Kier alpha value is -4.78. The van der Waals surface area contributed by atoms with Crippen LogP contribution >= 0.6 is 0 Å². The van der Waals surface area contributed by atoms with Gasteiger partial charge in [-0.3, -0.25) is 5.10 Å². The minimum Gasteiger partial charge on any atom is -0.493 e. The van der Waals surface area contributed by atoms with Gasteiger partial charge in [0.1, 0.15) is 5.75 Å². The lowest BCUT2D eigenvalue weighted by molar-refractivity contribution is 0.142. The molecule has 2 aromatic heterocycles. The summed E-state index contributed by atoms with van der Waals surface area (Å²) in [5.41, 5.74) is 4.58. The quantitative estimate of drug-likeness (QED) is 0.171. The lowest BCUT2D eigenvalue weighted by atomic mass is 9.99. The summed E-state index contributed by atoms with van der Waals surface area (Å²) in [6.45, 7) is 0.490. The van der Waals surface area contributed by atoms with Crippen molar-refractivity contribution in [1.29, 1.82) is 0 Å². The molecule has 6 aromatic rings. The van der Waals surface area contributed by atoms with E-state index in [1.165, 1.54) is 0 Å². The average Bonchev–Trinajstić information content (AvgIpc) is 3.50. The number of aromatic amines is 2. The van der Waals surface area contributed by atoms with Gasteiger partial charge in [-0.25, -0.2) is 4.79 Å². The van der Waals surface area contributed by atoms with Crippen LogP contribution < -0.4 is 9.47 Å². The Morgan fingerprint density at radius 2 is 1.75 bits per heavy atom. The van der Waals surface area contributed by atoms with Crippen LogP contribution in [0.5, 0.6) is 11.6 Å². The van der Waals surface area contributed by atoms with Crippen LogP contribution in [0.3, 0.4) is 0 Å². The summed E-state index contributed by atoms with van der Waals surface area (Å²) in [6, 6.07) is 26.2. The van der Waals surface area contributed by atoms with E-state index in [1.54, 1.807) is 6.20 Å². The predicted octanol–water partition coefficient (Wildman–Crippen LogP) is 6.93. The van der Waals surface area contributed by atoms with Crippen LogP contribution in [-0.2, 0) is 6.42 Å². The minimum absolute atomic E-state index is 0.250. The van der Waals surface area contributed by atoms with Crippen LogP contribution in [-0.4, -0.2) is 33.1 Å². The van der Waals surface area contributed by atoms with Gasteiger partial charge in [-0.2, -0.15) is 5.10 Å². The smallest absolute Gasteiger partial charge is 0.493 e. The number of ether oxygens (including phenoxy) is 2. The summed E-state index contributed by atoms with van der Waals surface area (Å²) in [6.07, 6.45) is 1.72. The third kappa shape index (κ3) is 4.01. The van der Waals surface area contributed by atoms with Crippen molar-refractivity contribution in [2.24, 2.45) is 0 Å². The molecule has 7 nitrogen and oxygen atoms in total. The number of para-hydroxylation sites is 1. The van der Waals surface area contributed by atoms with Gasteiger partial charge in [0, 0.05) is 27.3 Å². The van der Waals surface area contributed by atoms with E-state index in [2.05, 4.69) is 33.4 Å². The number of nitrogens with zero attached hydrogens (tertiary/aromatic N) is 1. The summed E-state index contributed by atoms with van der Waals surface area (Å²) < 4.78 is 11.3. The van der Waals surface area contributed by atoms with Crippen LogP contribution in [0.4, 0.5) is 4.79 Å². The number of carbonyl (C=O) groups is 1. The number of hydrogen-bond acceptors (Lipinski definition) is 4. The third-order valence-electron chi connectivity index (χ3n) is 6.42. The fraction of sp³-hybridized carbons (Fsp3) is 0.103. The second-order valence-corrected chi connectivity index (χ2v) is 8.63. The Balaban J connectivity index is 1.29. The summed E-state index contributed by atoms with van der Waals surface area (Å²) in [7, 11) is 0. The van der Waals surface area contributed by atoms with Crippen molar-refractivity contribution in [1.82, 2.24) is 15.2 Å². The van der Waals surface area contributed by atoms with Crippen LogP contribution in [0.1, 0.15) is 12.0 Å². The molecule has 3 N–H and O–H groups in total. The number of aromatic nitrogens is 3. The molecule has 36 heavy (non-hydrogen) atoms. The van der Waals surface area contributed by atoms with E-state index in [-0.39, 0.29) is 5.88 Å². The minimum atomic E-state index is -1.35. The molecule has 178 valence electrons. The molecule has 0 spiro atoms. The number of nitrogens with one attached hydrogen (secondary N) is 2. The fourth-order valence-corrected chi connectivity index (χ4v) is 4.78. The highest BCUT2D eigenvalue weighted by Crippen LogP contribution is 2.36. The molecule has 0 unspecified atom stereocenters. The maximum absolute atomic E-state index is 11.4. The van der Waals surface area contributed by atoms with Gasteiger partial charge in [0.15, 0.2) is 0 Å². The number of aryl methyl sites for hydroxylation is 1. The fourth-order valence-electron chi connectivity index (χ4n) is 4.78. The van der Waals surface area contributed by atoms with E-state index in [1.807, 2.05) is 60.7 Å². The Labute approximate surface area is 206 Å². The maximum Gasteiger partial charge on any atom is 0.512 e. The normalized spacial score (nSPS) is 11.3. The lowest BCUT2D eigenvalue weighted by Crippen LogP contribution is -2.06. The van der Waals surface area contributed by atoms with Gasteiger partial charge in [-0.15, -0.1) is 0 Å². The molecule has 0 radical (unpaired) electrons. The highest BCUT2D eigenvalue weighted by Gasteiger charge is 2.18. The van der Waals surface area contributed by atoms with Crippen molar-refractivity contribution in [2.45, 2.75) is 12.8 Å². The van der Waals surface area contributed by atoms with Crippen molar-refractivity contribution < 1.29 is 19.4 Å². The second kappa shape index (κ2) is 9.11. The monoisotopic (exact) mass is 477 g/mol. The maximum atomic E-state index is 11.4. The van der Waals surface area contributed by atoms with E-state index in [4.69, 9.17) is 9.47 Å². The second-order valence-electron chi connectivity index (χ2n) is 8.63. The standard InChI is InChI=1S/C29H23N3O4/c33-29(34)36-28-24(11-5-15-35-26-12-3-7-18-6-1-2-8-21(18)26)23-10-4-9-22(27(23)31-28)19-13-14-25-20(16-19)17-30-32-25/h1-4,6-10,12-14,16-17,31H,5,11,15H2,(H,30,32)(H,33,34). The molecule has 0 bridgehead atoms. The van der Waals surface area contributed by atoms with Gasteiger partial charge in [0.2, 0.25) is 5.88 Å². The summed E-state index contributed by atoms with van der Waals surface area (Å²) in [5, 5.41) is 20.5. The van der Waals surface area contributed by atoms with Gasteiger partial charge in [0.25, 0.3) is 0 Å². The Kier molecular flexibility index (Phi) is 5.50. The first kappa shape index (κ1) is 21.7. The number of fused-ring (bicyclic) bond motifs is 3. The molecule has 0 aliphatic carbocycles. The van der Waals surface area contributed by atoms with Crippen molar-refractivity contribution in [3.05, 3.63) is 90.6 Å². The summed E-state index contributed by atoms with van der Waals surface area (Å²) >= 11 is 0. The zero-order valence-corrected chi connectivity index (χ0v) is 19.3. The van der Waals surface area contributed by atoms with Crippen molar-refractivity contribution in [3.63, 3.8) is 0 Å². The Bertz CT molecular complexity index is 1710. The zero-order chi connectivity index (χ0) is 24.5. The number of hydrogen-bond donors (Lipinski definition) is 3. The molecule has 0 saturated carbocycles. The topological polar surface area (TPSA) is 100 Å². The number of carboxylic acid groups (broad SMARTS) is 1. The highest BCUT2D eigenvalue weighted by atomic mass is 16.7. The molecule has 4 aromatic carbocycles. The number of H-pyrrole nitrogens is 2. The molecule has 0 atom stereocenters. The van der Waals surface area contributed by atoms with E-state index in [0.717, 1.165) is 55.0 Å². The Morgan fingerprint density at radius 3 is 2.67 bits per heavy atom. The molecule has 0 amide bonds. The molecule has 7 heteroatoms. The van der Waals surface area contributed by atoms with Gasteiger partial charge in [-0.1, -0.05) is 60.7 Å². The van der Waals surface area contributed by atoms with E-state index >= 15 is 0 Å². The first-order valence-electron chi connectivity index (χ1n) is 11.8. The van der Waals surface area contributed by atoms with Gasteiger partial charge in [-0.05, 0) is 42.0 Å². The molecule has 0 fully saturated rings. The zero-order valence-electron chi connectivity index (χ0n) is 19.3. The largest absolute Gasteiger partial charge is 0.512 e. The van der Waals surface area contributed by atoms with E-state index < -0.39 is 6.16 Å². The van der Waals surface area contributed by atoms with Gasteiger partial charge >= 0.3 is 6.16 Å². The molecular weight excluding hydrogens is 454 g/mol. The van der Waals surface area contributed by atoms with Crippen molar-refractivity contribution in [2.75, 3.05) is 6.61 Å². The summed E-state index contributed by atoms with van der Waals surface area (Å²) in [5.74, 6) is 1.09. The third-order valence-corrected chi connectivity index (χ3v) is 6.42. The van der Waals surface area contributed by atoms with Gasteiger partial charge in [0.05, 0.1) is 23.8 Å². The number of rotatable bonds is 7. The molecular formula is C29H23N3O4. The van der Waals surface area contributed by atoms with E-state index in [0.29, 0.717) is 19.4 Å². The lowest BCUT2D eigenvalue weighted by Gasteiger charge is -2.10. The molecule has 0 aliphatic heterocycles. The number of benzene rings is 4. The molecule has 2 heterocycles. The van der Waals surface area contributed by atoms with Gasteiger partial charge < -0.3 is 19.6 Å². The Morgan fingerprint density at radius 1 is 0.917 bits per heavy atom. The van der Waals surface area contributed by atoms with Crippen LogP contribution in [0.15, 0.2) is 85.1 Å². The van der Waals surface area contributed by atoms with Crippen molar-refractivity contribution in [3.8, 4) is 22.8 Å². The first-order chi connectivity index (χ1) is 17.7. The van der Waals surface area contributed by atoms with Crippen LogP contribution in [0.25, 0.3) is 43.7 Å². The average molecular weight is 478 g/mol. The highest BCUT2D eigenvalue weighted by molar-refractivity contribution is 5.99. The van der Waals surface area contributed by atoms with Crippen LogP contribution in [0, 0.1) is 0 Å². The molecule has 0 aliphatic rings. The van der Waals surface area contributed by atoms with Crippen LogP contribution in [0.2, 0.25) is 0 Å². The van der Waals surface area contributed by atoms with Crippen molar-refractivity contribution >= 4 is 38.7 Å². The predicted molar refractivity (Wildman–Crippen MR) is 140 cm³/mol. The molecule has 0 saturated heterocycles. The SMILES string of the molecule is O=C(O)Oc1[nH]c2c(-c3ccc4[nH]ncc4c3)cccc2c1CCCOc1cccc2ccccc12. The van der Waals surface area contributed by atoms with E-state index in [9.17, 15) is 9.90 Å².